The quantitative estimate of drug-likeness (QED) is 0.201. The van der Waals surface area contributed by atoms with Crippen LogP contribution in [0, 0.1) is 11.6 Å². The number of carbonyl (C=O) groups is 2. The van der Waals surface area contributed by atoms with E-state index in [1.54, 1.807) is 18.3 Å². The molecule has 0 aliphatic heterocycles. The van der Waals surface area contributed by atoms with E-state index in [-0.39, 0.29) is 24.2 Å². The van der Waals surface area contributed by atoms with Gasteiger partial charge in [-0.2, -0.15) is 0 Å². The summed E-state index contributed by atoms with van der Waals surface area (Å²) in [4.78, 5) is 27.9. The van der Waals surface area contributed by atoms with E-state index >= 15 is 0 Å². The van der Waals surface area contributed by atoms with Gasteiger partial charge in [0.2, 0.25) is 0 Å². The number of carbonyl (C=O) groups excluding carboxylic acids is 1. The Balaban J connectivity index is 1.44. The zero-order valence-electron chi connectivity index (χ0n) is 21.1. The highest BCUT2D eigenvalue weighted by Gasteiger charge is 2.24. The second-order valence-corrected chi connectivity index (χ2v) is 9.46. The van der Waals surface area contributed by atoms with E-state index < -0.39 is 35.6 Å². The molecule has 5 rings (SSSR count). The van der Waals surface area contributed by atoms with Crippen LogP contribution in [0.4, 0.5) is 8.78 Å². The number of nitrogens with one attached hydrogen (secondary N) is 2. The number of halogens is 2. The number of hydrogen-bond donors (Lipinski definition) is 4. The van der Waals surface area contributed by atoms with Crippen molar-refractivity contribution in [1.29, 1.82) is 0 Å². The molecule has 4 N–H and O–H groups in total. The molecule has 0 saturated carbocycles. The molecule has 0 radical (unpaired) electrons. The maximum absolute atomic E-state index is 13.8. The standard InChI is InChI=1S/C29H25F2N5O4/c30-23-10-7-18(13-24(23)31)29(40)33-26(11-17-5-8-21(37)9-6-17)27-16-36(35-34-27)20(14-28(38)39)12-19-15-32-25-4-2-1-3-22(19)25/h1-10,13,15-16,20,26,32,37H,11-12,14H2,(H,33,40)(H,38,39)/t20-,26?/m1/s1. The van der Waals surface area contributed by atoms with Gasteiger partial charge < -0.3 is 20.5 Å². The molecule has 2 atom stereocenters. The Morgan fingerprint density at radius 3 is 2.52 bits per heavy atom. The summed E-state index contributed by atoms with van der Waals surface area (Å²) in [7, 11) is 0. The molecule has 0 aliphatic carbocycles. The van der Waals surface area contributed by atoms with Crippen LogP contribution in [0.15, 0.2) is 79.1 Å². The molecule has 0 aliphatic rings. The van der Waals surface area contributed by atoms with E-state index in [4.69, 9.17) is 0 Å². The SMILES string of the molecule is O=C(O)C[C@@H](Cc1c[nH]c2ccccc12)n1cc(C(Cc2ccc(O)cc2)NC(=O)c2ccc(F)c(F)c2)nn1. The third-order valence-electron chi connectivity index (χ3n) is 6.66. The predicted molar refractivity (Wildman–Crippen MR) is 142 cm³/mol. The molecule has 0 fully saturated rings. The Morgan fingerprint density at radius 1 is 1.00 bits per heavy atom. The number of phenols is 1. The van der Waals surface area contributed by atoms with Crippen LogP contribution >= 0.6 is 0 Å². The largest absolute Gasteiger partial charge is 0.508 e. The van der Waals surface area contributed by atoms with Gasteiger partial charge in [0.15, 0.2) is 11.6 Å². The number of phenolic OH excluding ortho intramolecular Hbond substituents is 1. The van der Waals surface area contributed by atoms with E-state index in [2.05, 4.69) is 20.6 Å². The summed E-state index contributed by atoms with van der Waals surface area (Å²) >= 11 is 0. The predicted octanol–water partition coefficient (Wildman–Crippen LogP) is 4.72. The Hall–Kier alpha value is -5.06. The summed E-state index contributed by atoms with van der Waals surface area (Å²) in [5.41, 5.74) is 2.87. The average Bonchev–Trinajstić information content (AvgIpc) is 3.58. The lowest BCUT2D eigenvalue weighted by Crippen LogP contribution is -2.30. The second-order valence-electron chi connectivity index (χ2n) is 9.46. The summed E-state index contributed by atoms with van der Waals surface area (Å²) < 4.78 is 28.7. The lowest BCUT2D eigenvalue weighted by atomic mass is 10.0. The zero-order chi connectivity index (χ0) is 28.2. The van der Waals surface area contributed by atoms with Crippen LogP contribution in [0.2, 0.25) is 0 Å². The summed E-state index contributed by atoms with van der Waals surface area (Å²) in [6.07, 6.45) is 3.81. The van der Waals surface area contributed by atoms with E-state index in [0.29, 0.717) is 12.1 Å². The van der Waals surface area contributed by atoms with Gasteiger partial charge in [0, 0.05) is 22.7 Å². The van der Waals surface area contributed by atoms with Gasteiger partial charge in [-0.25, -0.2) is 13.5 Å². The number of fused-ring (bicyclic) bond motifs is 1. The Bertz CT molecular complexity index is 1660. The van der Waals surface area contributed by atoms with Crippen molar-refractivity contribution in [2.45, 2.75) is 31.3 Å². The fourth-order valence-corrected chi connectivity index (χ4v) is 4.62. The van der Waals surface area contributed by atoms with Crippen LogP contribution in [-0.4, -0.2) is 42.1 Å². The number of aromatic nitrogens is 4. The minimum Gasteiger partial charge on any atom is -0.508 e. The van der Waals surface area contributed by atoms with Gasteiger partial charge in [-0.3, -0.25) is 9.59 Å². The number of para-hydroxylation sites is 1. The minimum atomic E-state index is -1.15. The number of carboxylic acid groups (broad SMARTS) is 1. The third-order valence-corrected chi connectivity index (χ3v) is 6.66. The van der Waals surface area contributed by atoms with Gasteiger partial charge in [-0.1, -0.05) is 35.5 Å². The number of H-pyrrole nitrogens is 1. The van der Waals surface area contributed by atoms with Gasteiger partial charge in [0.1, 0.15) is 11.4 Å². The number of carboxylic acids is 1. The van der Waals surface area contributed by atoms with Gasteiger partial charge in [0.25, 0.3) is 5.91 Å². The number of rotatable bonds is 10. The number of aliphatic carboxylic acids is 1. The minimum absolute atomic E-state index is 0.0749. The maximum atomic E-state index is 13.8. The Morgan fingerprint density at radius 2 is 1.77 bits per heavy atom. The first-order valence-electron chi connectivity index (χ1n) is 12.5. The summed E-state index contributed by atoms with van der Waals surface area (Å²) in [6.45, 7) is 0. The van der Waals surface area contributed by atoms with Crippen molar-refractivity contribution >= 4 is 22.8 Å². The molecule has 2 aromatic heterocycles. The normalized spacial score (nSPS) is 12.8. The number of aromatic hydroxyl groups is 1. The number of hydrogen-bond acceptors (Lipinski definition) is 5. The van der Waals surface area contributed by atoms with Crippen LogP contribution in [0.5, 0.6) is 5.75 Å². The van der Waals surface area contributed by atoms with Gasteiger partial charge >= 0.3 is 5.97 Å². The molecule has 1 amide bonds. The van der Waals surface area contributed by atoms with Crippen molar-refractivity contribution in [2.24, 2.45) is 0 Å². The summed E-state index contributed by atoms with van der Waals surface area (Å²) in [5.74, 6) is -3.81. The molecule has 40 heavy (non-hydrogen) atoms. The van der Waals surface area contributed by atoms with Crippen LogP contribution in [0.3, 0.4) is 0 Å². The van der Waals surface area contributed by atoms with Gasteiger partial charge in [-0.15, -0.1) is 5.10 Å². The molecule has 2 heterocycles. The monoisotopic (exact) mass is 545 g/mol. The van der Waals surface area contributed by atoms with E-state index in [9.17, 15) is 28.6 Å². The van der Waals surface area contributed by atoms with Crippen molar-refractivity contribution in [3.8, 4) is 5.75 Å². The highest BCUT2D eigenvalue weighted by Crippen LogP contribution is 2.26. The molecule has 1 unspecified atom stereocenters. The molecular formula is C29H25F2N5O4. The summed E-state index contributed by atoms with van der Waals surface area (Å²) in [5, 5.41) is 31.5. The van der Waals surface area contributed by atoms with Crippen molar-refractivity contribution in [2.75, 3.05) is 0 Å². The number of aromatic amines is 1. The second kappa shape index (κ2) is 11.4. The lowest BCUT2D eigenvalue weighted by Gasteiger charge is -2.18. The molecule has 204 valence electrons. The van der Waals surface area contributed by atoms with Crippen molar-refractivity contribution in [1.82, 2.24) is 25.3 Å². The highest BCUT2D eigenvalue weighted by molar-refractivity contribution is 5.94. The van der Waals surface area contributed by atoms with Crippen LogP contribution < -0.4 is 5.32 Å². The van der Waals surface area contributed by atoms with E-state index in [1.807, 2.05) is 30.5 Å². The van der Waals surface area contributed by atoms with E-state index in [1.165, 1.54) is 22.9 Å². The Labute approximate surface area is 227 Å². The summed E-state index contributed by atoms with van der Waals surface area (Å²) in [6, 6.07) is 15.6. The number of amides is 1. The van der Waals surface area contributed by atoms with Crippen LogP contribution in [0.1, 0.15) is 45.7 Å². The smallest absolute Gasteiger partial charge is 0.305 e. The molecule has 0 saturated heterocycles. The third kappa shape index (κ3) is 5.98. The highest BCUT2D eigenvalue weighted by atomic mass is 19.2. The fourth-order valence-electron chi connectivity index (χ4n) is 4.62. The fraction of sp³-hybridized carbons (Fsp3) is 0.172. The molecule has 0 bridgehead atoms. The molecule has 5 aromatic rings. The Kier molecular flexibility index (Phi) is 7.54. The molecule has 9 nitrogen and oxygen atoms in total. The first kappa shape index (κ1) is 26.5. The lowest BCUT2D eigenvalue weighted by molar-refractivity contribution is -0.138. The topological polar surface area (TPSA) is 133 Å². The molecule has 3 aromatic carbocycles. The first-order chi connectivity index (χ1) is 19.3. The number of benzene rings is 3. The van der Waals surface area contributed by atoms with E-state index in [0.717, 1.165) is 34.2 Å². The van der Waals surface area contributed by atoms with Gasteiger partial charge in [0.05, 0.1) is 24.7 Å². The van der Waals surface area contributed by atoms with Gasteiger partial charge in [-0.05, 0) is 60.4 Å². The zero-order valence-corrected chi connectivity index (χ0v) is 21.1. The number of nitrogens with zero attached hydrogens (tertiary/aromatic N) is 3. The van der Waals surface area contributed by atoms with Crippen LogP contribution in [-0.2, 0) is 17.6 Å². The average molecular weight is 546 g/mol. The molecule has 0 spiro atoms. The van der Waals surface area contributed by atoms with Crippen molar-refractivity contribution in [3.63, 3.8) is 0 Å². The van der Waals surface area contributed by atoms with Crippen molar-refractivity contribution < 1.29 is 28.6 Å². The first-order valence-corrected chi connectivity index (χ1v) is 12.5. The maximum Gasteiger partial charge on any atom is 0.305 e. The molecule has 11 heteroatoms. The van der Waals surface area contributed by atoms with Crippen molar-refractivity contribution in [3.05, 3.63) is 113 Å². The van der Waals surface area contributed by atoms with Crippen LogP contribution in [0.25, 0.3) is 10.9 Å². The molecular weight excluding hydrogens is 520 g/mol.